The summed E-state index contributed by atoms with van der Waals surface area (Å²) in [4.78, 5) is 12.4. The molecule has 26 heavy (non-hydrogen) atoms. The lowest BCUT2D eigenvalue weighted by molar-refractivity contribution is -0.141. The van der Waals surface area contributed by atoms with Crippen LogP contribution in [0.3, 0.4) is 0 Å². The van der Waals surface area contributed by atoms with Crippen LogP contribution in [0.15, 0.2) is 30.5 Å². The molecule has 0 bridgehead atoms. The number of hydrogen-bond donors (Lipinski definition) is 1. The number of carbonyl (C=O) groups excluding carboxylic acids is 1. The lowest BCUT2D eigenvalue weighted by atomic mass is 9.78. The Morgan fingerprint density at radius 3 is 2.42 bits per heavy atom. The summed E-state index contributed by atoms with van der Waals surface area (Å²) in [5.41, 5.74) is -1.19. The van der Waals surface area contributed by atoms with E-state index in [1.807, 2.05) is 0 Å². The van der Waals surface area contributed by atoms with Gasteiger partial charge in [0.2, 0.25) is 0 Å². The Kier molecular flexibility index (Phi) is 4.77. The van der Waals surface area contributed by atoms with Crippen LogP contribution in [0, 0.1) is 5.82 Å². The van der Waals surface area contributed by atoms with Gasteiger partial charge in [0.15, 0.2) is 5.69 Å². The van der Waals surface area contributed by atoms with Crippen LogP contribution in [0.25, 0.3) is 0 Å². The maximum absolute atomic E-state index is 13.2. The summed E-state index contributed by atoms with van der Waals surface area (Å²) in [5, 5.41) is 5.99. The van der Waals surface area contributed by atoms with Crippen LogP contribution in [-0.4, -0.2) is 22.2 Å². The highest BCUT2D eigenvalue weighted by Crippen LogP contribution is 2.40. The van der Waals surface area contributed by atoms with Crippen molar-refractivity contribution in [1.82, 2.24) is 15.1 Å². The highest BCUT2D eigenvalue weighted by Gasteiger charge is 2.40. The Bertz CT molecular complexity index is 790. The first kappa shape index (κ1) is 18.4. The molecule has 0 saturated heterocycles. The van der Waals surface area contributed by atoms with Crippen LogP contribution in [-0.2, 0) is 18.6 Å². The van der Waals surface area contributed by atoms with E-state index in [-0.39, 0.29) is 17.8 Å². The fourth-order valence-electron chi connectivity index (χ4n) is 3.63. The van der Waals surface area contributed by atoms with E-state index in [9.17, 15) is 22.4 Å². The molecule has 1 fully saturated rings. The number of aromatic nitrogens is 2. The number of hydrogen-bond acceptors (Lipinski definition) is 2. The fourth-order valence-corrected chi connectivity index (χ4v) is 3.63. The van der Waals surface area contributed by atoms with E-state index in [2.05, 4.69) is 10.4 Å². The largest absolute Gasteiger partial charge is 0.435 e. The Hall–Kier alpha value is -2.38. The number of benzene rings is 1. The number of nitrogens with one attached hydrogen (secondary N) is 1. The summed E-state index contributed by atoms with van der Waals surface area (Å²) >= 11 is 0. The van der Waals surface area contributed by atoms with Gasteiger partial charge in [-0.05, 0) is 30.5 Å². The van der Waals surface area contributed by atoms with Gasteiger partial charge in [-0.3, -0.25) is 9.48 Å². The van der Waals surface area contributed by atoms with Gasteiger partial charge in [0.25, 0.3) is 5.91 Å². The summed E-state index contributed by atoms with van der Waals surface area (Å²) in [5.74, 6) is -1.16. The number of nitrogens with zero attached hydrogens (tertiary/aromatic N) is 2. The zero-order valence-electron chi connectivity index (χ0n) is 14.2. The second-order valence-corrected chi connectivity index (χ2v) is 6.74. The maximum Gasteiger partial charge on any atom is 0.435 e. The van der Waals surface area contributed by atoms with Crippen molar-refractivity contribution in [3.63, 3.8) is 0 Å². The van der Waals surface area contributed by atoms with Gasteiger partial charge in [-0.25, -0.2) is 4.39 Å². The molecule has 1 aliphatic carbocycles. The Morgan fingerprint density at radius 2 is 1.85 bits per heavy atom. The van der Waals surface area contributed by atoms with Crippen molar-refractivity contribution < 1.29 is 22.4 Å². The van der Waals surface area contributed by atoms with Crippen LogP contribution >= 0.6 is 0 Å². The minimum Gasteiger partial charge on any atom is -0.351 e. The molecule has 1 amide bonds. The van der Waals surface area contributed by atoms with Crippen LogP contribution in [0.2, 0.25) is 0 Å². The zero-order valence-corrected chi connectivity index (χ0v) is 14.2. The third-order valence-corrected chi connectivity index (χ3v) is 4.95. The second-order valence-electron chi connectivity index (χ2n) is 6.74. The van der Waals surface area contributed by atoms with Gasteiger partial charge < -0.3 is 5.32 Å². The molecule has 1 saturated carbocycles. The van der Waals surface area contributed by atoms with Gasteiger partial charge in [-0.15, -0.1) is 0 Å². The smallest absolute Gasteiger partial charge is 0.351 e. The van der Waals surface area contributed by atoms with Crippen LogP contribution in [0.5, 0.6) is 0 Å². The molecule has 8 heteroatoms. The van der Waals surface area contributed by atoms with Gasteiger partial charge in [0.1, 0.15) is 5.82 Å². The maximum atomic E-state index is 13.2. The SMILES string of the molecule is Cn1cc(C(=O)NCC2(c3ccc(F)cc3)CCCC2)c(C(F)(F)F)n1. The van der Waals surface area contributed by atoms with Gasteiger partial charge in [0, 0.05) is 25.2 Å². The molecule has 4 nitrogen and oxygen atoms in total. The van der Waals surface area contributed by atoms with Crippen LogP contribution < -0.4 is 5.32 Å². The molecule has 0 radical (unpaired) electrons. The van der Waals surface area contributed by atoms with Gasteiger partial charge in [-0.2, -0.15) is 18.3 Å². The average molecular weight is 369 g/mol. The van der Waals surface area contributed by atoms with Crippen molar-refractivity contribution in [1.29, 1.82) is 0 Å². The van der Waals surface area contributed by atoms with Gasteiger partial charge in [-0.1, -0.05) is 25.0 Å². The number of alkyl halides is 3. The third-order valence-electron chi connectivity index (χ3n) is 4.95. The van der Waals surface area contributed by atoms with E-state index in [0.29, 0.717) is 0 Å². The quantitative estimate of drug-likeness (QED) is 0.833. The van der Waals surface area contributed by atoms with Crippen molar-refractivity contribution in [2.75, 3.05) is 6.54 Å². The molecule has 0 spiro atoms. The average Bonchev–Trinajstić information content (AvgIpc) is 3.20. The number of amides is 1. The molecule has 2 aromatic rings. The standard InChI is InChI=1S/C18H19F4N3O/c1-25-10-14(15(24-25)18(20,21)22)16(26)23-11-17(8-2-3-9-17)12-4-6-13(19)7-5-12/h4-7,10H,2-3,8-9,11H2,1H3,(H,23,26). The molecular weight excluding hydrogens is 350 g/mol. The first-order valence-electron chi connectivity index (χ1n) is 8.36. The monoisotopic (exact) mass is 369 g/mol. The molecular formula is C18H19F4N3O. The molecule has 140 valence electrons. The normalized spacial score (nSPS) is 16.7. The van der Waals surface area contributed by atoms with Gasteiger partial charge >= 0.3 is 6.18 Å². The van der Waals surface area contributed by atoms with Crippen molar-refractivity contribution >= 4 is 5.91 Å². The summed E-state index contributed by atoms with van der Waals surface area (Å²) in [6, 6.07) is 6.08. The highest BCUT2D eigenvalue weighted by atomic mass is 19.4. The molecule has 1 aromatic heterocycles. The highest BCUT2D eigenvalue weighted by molar-refractivity contribution is 5.95. The minimum absolute atomic E-state index is 0.198. The Labute approximate surface area is 148 Å². The molecule has 0 atom stereocenters. The van der Waals surface area contributed by atoms with Crippen molar-refractivity contribution in [2.24, 2.45) is 7.05 Å². The van der Waals surface area contributed by atoms with Crippen molar-refractivity contribution in [2.45, 2.75) is 37.3 Å². The van der Waals surface area contributed by atoms with E-state index in [1.54, 1.807) is 12.1 Å². The fraction of sp³-hybridized carbons (Fsp3) is 0.444. The molecule has 1 N–H and O–H groups in total. The molecule has 1 heterocycles. The molecule has 1 aliphatic rings. The van der Waals surface area contributed by atoms with E-state index < -0.39 is 23.3 Å². The number of rotatable bonds is 4. The molecule has 3 rings (SSSR count). The van der Waals surface area contributed by atoms with E-state index in [0.717, 1.165) is 42.1 Å². The van der Waals surface area contributed by atoms with Gasteiger partial charge in [0.05, 0.1) is 5.56 Å². The van der Waals surface area contributed by atoms with Crippen molar-refractivity contribution in [3.8, 4) is 0 Å². The molecule has 1 aromatic carbocycles. The zero-order chi connectivity index (χ0) is 18.9. The second kappa shape index (κ2) is 6.74. The van der Waals surface area contributed by atoms with Crippen molar-refractivity contribution in [3.05, 3.63) is 53.1 Å². The molecule has 0 aliphatic heterocycles. The summed E-state index contributed by atoms with van der Waals surface area (Å²) in [6.45, 7) is 0.198. The first-order valence-corrected chi connectivity index (χ1v) is 8.36. The van der Waals surface area contributed by atoms with E-state index >= 15 is 0 Å². The van der Waals surface area contributed by atoms with E-state index in [4.69, 9.17) is 0 Å². The minimum atomic E-state index is -4.70. The predicted molar refractivity (Wildman–Crippen MR) is 87.1 cm³/mol. The first-order chi connectivity index (χ1) is 12.2. The Balaban J connectivity index is 1.80. The Morgan fingerprint density at radius 1 is 1.23 bits per heavy atom. The topological polar surface area (TPSA) is 46.9 Å². The number of aryl methyl sites for hydroxylation is 1. The number of halogens is 4. The predicted octanol–water partition coefficient (Wildman–Crippen LogP) is 3.82. The van der Waals surface area contributed by atoms with Crippen LogP contribution in [0.4, 0.5) is 17.6 Å². The summed E-state index contributed by atoms with van der Waals surface area (Å²) in [7, 11) is 1.34. The number of carbonyl (C=O) groups is 1. The summed E-state index contributed by atoms with van der Waals surface area (Å²) < 4.78 is 53.3. The third kappa shape index (κ3) is 3.59. The summed E-state index contributed by atoms with van der Waals surface area (Å²) in [6.07, 6.45) is -0.147. The lowest BCUT2D eigenvalue weighted by Crippen LogP contribution is -2.39. The van der Waals surface area contributed by atoms with Crippen LogP contribution in [0.1, 0.15) is 47.3 Å². The lowest BCUT2D eigenvalue weighted by Gasteiger charge is -2.30. The molecule has 0 unspecified atom stereocenters. The van der Waals surface area contributed by atoms with E-state index in [1.165, 1.54) is 19.2 Å².